The van der Waals surface area contributed by atoms with Gasteiger partial charge in [-0.2, -0.15) is 0 Å². The molecule has 2 nitrogen and oxygen atoms in total. The Balaban J connectivity index is 2.13. The molecule has 0 radical (unpaired) electrons. The molecule has 2 aromatic carbocycles. The fourth-order valence-electron chi connectivity index (χ4n) is 3.01. The molecule has 0 fully saturated rings. The van der Waals surface area contributed by atoms with Crippen LogP contribution in [0.2, 0.25) is 0 Å². The van der Waals surface area contributed by atoms with Crippen LogP contribution in [-0.2, 0) is 0 Å². The number of hydrogen-bond donors (Lipinski definition) is 0. The van der Waals surface area contributed by atoms with Gasteiger partial charge in [0.05, 0.1) is 0 Å². The molecule has 106 valence electrons. The third-order valence-corrected chi connectivity index (χ3v) is 3.91. The molecule has 2 heteroatoms. The first-order valence-electron chi connectivity index (χ1n) is 7.22. The Morgan fingerprint density at radius 3 is 2.38 bits per heavy atom. The molecule has 1 aliphatic rings. The first kappa shape index (κ1) is 13.6. The van der Waals surface area contributed by atoms with Gasteiger partial charge in [0.25, 0.3) is 0 Å². The average molecular weight is 277 g/mol. The molecule has 0 aromatic heterocycles. The van der Waals surface area contributed by atoms with Gasteiger partial charge >= 0.3 is 0 Å². The fraction of sp³-hybridized carbons (Fsp3) is 0.211. The maximum Gasteiger partial charge on any atom is 0.190 e. The highest BCUT2D eigenvalue weighted by Gasteiger charge is 2.30. The second kappa shape index (κ2) is 5.57. The standard InChI is InChI=1S/C19H19NO/c1-20(2)13-15-12-18(14-8-4-3-5-9-14)16-10-6-7-11-17(16)19(15)21/h3-11,13,18H,12H2,1-2H3/b15-13-. The minimum atomic E-state index is 0.159. The Bertz CT molecular complexity index is 686. The van der Waals surface area contributed by atoms with Gasteiger partial charge in [-0.05, 0) is 17.5 Å². The van der Waals surface area contributed by atoms with Gasteiger partial charge in [0, 0.05) is 37.3 Å². The lowest BCUT2D eigenvalue weighted by atomic mass is 9.76. The molecule has 1 aliphatic carbocycles. The summed E-state index contributed by atoms with van der Waals surface area (Å²) in [6.07, 6.45) is 2.71. The topological polar surface area (TPSA) is 20.3 Å². The van der Waals surface area contributed by atoms with Gasteiger partial charge in [0.2, 0.25) is 0 Å². The average Bonchev–Trinajstić information content (AvgIpc) is 2.51. The number of carbonyl (C=O) groups is 1. The molecule has 0 heterocycles. The lowest BCUT2D eigenvalue weighted by Gasteiger charge is -2.27. The molecule has 1 unspecified atom stereocenters. The predicted molar refractivity (Wildman–Crippen MR) is 85.4 cm³/mol. The molecule has 0 spiro atoms. The van der Waals surface area contributed by atoms with Crippen LogP contribution < -0.4 is 0 Å². The van der Waals surface area contributed by atoms with E-state index < -0.39 is 0 Å². The Hall–Kier alpha value is -2.35. The van der Waals surface area contributed by atoms with E-state index in [4.69, 9.17) is 0 Å². The third-order valence-electron chi connectivity index (χ3n) is 3.91. The largest absolute Gasteiger partial charge is 0.383 e. The summed E-state index contributed by atoms with van der Waals surface area (Å²) in [6.45, 7) is 0. The zero-order chi connectivity index (χ0) is 14.8. The Morgan fingerprint density at radius 2 is 1.67 bits per heavy atom. The molecule has 2 aromatic rings. The first-order chi connectivity index (χ1) is 10.2. The van der Waals surface area contributed by atoms with Crippen LogP contribution in [0.25, 0.3) is 0 Å². The fourth-order valence-corrected chi connectivity index (χ4v) is 3.01. The van der Waals surface area contributed by atoms with E-state index >= 15 is 0 Å². The predicted octanol–water partition coefficient (Wildman–Crippen LogP) is 3.85. The molecule has 0 amide bonds. The van der Waals surface area contributed by atoms with Crippen molar-refractivity contribution in [1.29, 1.82) is 0 Å². The monoisotopic (exact) mass is 277 g/mol. The maximum absolute atomic E-state index is 12.6. The van der Waals surface area contributed by atoms with Crippen LogP contribution in [0.4, 0.5) is 0 Å². The van der Waals surface area contributed by atoms with Crippen LogP contribution in [0, 0.1) is 0 Å². The van der Waals surface area contributed by atoms with Crippen LogP contribution in [0.5, 0.6) is 0 Å². The summed E-state index contributed by atoms with van der Waals surface area (Å²) < 4.78 is 0. The molecule has 1 atom stereocenters. The molecule has 0 N–H and O–H groups in total. The summed E-state index contributed by atoms with van der Waals surface area (Å²) in [5.41, 5.74) is 4.13. The van der Waals surface area contributed by atoms with E-state index in [0.29, 0.717) is 0 Å². The molecular formula is C19H19NO. The lowest BCUT2D eigenvalue weighted by molar-refractivity contribution is 0.102. The number of benzene rings is 2. The number of ketones is 1. The second-order valence-corrected chi connectivity index (χ2v) is 5.70. The van der Waals surface area contributed by atoms with Gasteiger partial charge in [-0.25, -0.2) is 0 Å². The zero-order valence-electron chi connectivity index (χ0n) is 12.4. The smallest absolute Gasteiger partial charge is 0.190 e. The Labute approximate surface area is 125 Å². The minimum Gasteiger partial charge on any atom is -0.383 e. The van der Waals surface area contributed by atoms with Crippen molar-refractivity contribution in [3.63, 3.8) is 0 Å². The maximum atomic E-state index is 12.6. The minimum absolute atomic E-state index is 0.159. The number of hydrogen-bond acceptors (Lipinski definition) is 2. The van der Waals surface area contributed by atoms with Crippen LogP contribution >= 0.6 is 0 Å². The SMILES string of the molecule is CN(C)/C=C1/CC(c2ccccc2)c2ccccc2C1=O. The van der Waals surface area contributed by atoms with Crippen LogP contribution in [0.1, 0.15) is 33.8 Å². The van der Waals surface area contributed by atoms with Gasteiger partial charge < -0.3 is 4.90 Å². The number of rotatable bonds is 2. The quantitative estimate of drug-likeness (QED) is 0.777. The number of carbonyl (C=O) groups excluding carboxylic acids is 1. The van der Waals surface area contributed by atoms with Gasteiger partial charge in [-0.1, -0.05) is 54.6 Å². The van der Waals surface area contributed by atoms with E-state index in [0.717, 1.165) is 23.1 Å². The van der Waals surface area contributed by atoms with Crippen molar-refractivity contribution in [2.45, 2.75) is 12.3 Å². The summed E-state index contributed by atoms with van der Waals surface area (Å²) in [4.78, 5) is 14.6. The van der Waals surface area contributed by atoms with Crippen molar-refractivity contribution < 1.29 is 4.79 Å². The summed E-state index contributed by atoms with van der Waals surface area (Å²) in [5, 5.41) is 0. The van der Waals surface area contributed by atoms with Crippen molar-refractivity contribution >= 4 is 5.78 Å². The summed E-state index contributed by atoms with van der Waals surface area (Å²) in [5.74, 6) is 0.415. The van der Waals surface area contributed by atoms with E-state index in [1.807, 2.05) is 49.5 Å². The highest BCUT2D eigenvalue weighted by Crippen LogP contribution is 2.38. The zero-order valence-corrected chi connectivity index (χ0v) is 12.4. The van der Waals surface area contributed by atoms with Crippen molar-refractivity contribution in [3.05, 3.63) is 83.1 Å². The Kier molecular flexibility index (Phi) is 3.61. The Morgan fingerprint density at radius 1 is 1.00 bits per heavy atom. The van der Waals surface area contributed by atoms with Crippen molar-refractivity contribution in [2.75, 3.05) is 14.1 Å². The summed E-state index contributed by atoms with van der Waals surface area (Å²) in [6, 6.07) is 18.4. The van der Waals surface area contributed by atoms with Crippen LogP contribution in [0.15, 0.2) is 66.4 Å². The number of Topliss-reactive ketones (excluding diaryl/α,β-unsaturated/α-hetero) is 1. The second-order valence-electron chi connectivity index (χ2n) is 5.70. The molecular weight excluding hydrogens is 258 g/mol. The van der Waals surface area contributed by atoms with Crippen LogP contribution in [-0.4, -0.2) is 24.8 Å². The highest BCUT2D eigenvalue weighted by atomic mass is 16.1. The molecule has 0 saturated carbocycles. The summed E-state index contributed by atoms with van der Waals surface area (Å²) in [7, 11) is 3.91. The number of fused-ring (bicyclic) bond motifs is 1. The third kappa shape index (κ3) is 2.62. The van der Waals surface area contributed by atoms with Gasteiger partial charge in [-0.3, -0.25) is 4.79 Å². The normalized spacial score (nSPS) is 19.4. The van der Waals surface area contributed by atoms with E-state index in [9.17, 15) is 4.79 Å². The van der Waals surface area contributed by atoms with E-state index in [2.05, 4.69) is 30.3 Å². The number of nitrogens with zero attached hydrogens (tertiary/aromatic N) is 1. The van der Waals surface area contributed by atoms with Gasteiger partial charge in [-0.15, -0.1) is 0 Å². The molecule has 0 bridgehead atoms. The number of allylic oxidation sites excluding steroid dienone is 1. The van der Waals surface area contributed by atoms with Crippen LogP contribution in [0.3, 0.4) is 0 Å². The van der Waals surface area contributed by atoms with E-state index in [-0.39, 0.29) is 11.7 Å². The molecule has 0 aliphatic heterocycles. The van der Waals surface area contributed by atoms with Crippen molar-refractivity contribution in [2.24, 2.45) is 0 Å². The first-order valence-corrected chi connectivity index (χ1v) is 7.22. The van der Waals surface area contributed by atoms with Crippen molar-refractivity contribution in [1.82, 2.24) is 4.90 Å². The van der Waals surface area contributed by atoms with Gasteiger partial charge in [0.1, 0.15) is 0 Å². The van der Waals surface area contributed by atoms with Crippen molar-refractivity contribution in [3.8, 4) is 0 Å². The van der Waals surface area contributed by atoms with E-state index in [1.165, 1.54) is 5.56 Å². The molecule has 21 heavy (non-hydrogen) atoms. The molecule has 0 saturated heterocycles. The summed E-state index contributed by atoms with van der Waals surface area (Å²) >= 11 is 0. The van der Waals surface area contributed by atoms with E-state index in [1.54, 1.807) is 0 Å². The lowest BCUT2D eigenvalue weighted by Crippen LogP contribution is -2.21. The molecule has 3 rings (SSSR count). The van der Waals surface area contributed by atoms with Gasteiger partial charge in [0.15, 0.2) is 5.78 Å². The highest BCUT2D eigenvalue weighted by molar-refractivity contribution is 6.11.